The summed E-state index contributed by atoms with van der Waals surface area (Å²) in [6, 6.07) is 4.37. The molecule has 0 aliphatic heterocycles. The Balaban J connectivity index is 1.87. The average Bonchev–Trinajstić information content (AvgIpc) is 2.99. The first-order valence-corrected chi connectivity index (χ1v) is 8.39. The van der Waals surface area contributed by atoms with Crippen molar-refractivity contribution in [1.82, 2.24) is 10.3 Å². The molecular weight excluding hydrogens is 341 g/mol. The van der Waals surface area contributed by atoms with Crippen molar-refractivity contribution in [2.24, 2.45) is 0 Å². The lowest BCUT2D eigenvalue weighted by atomic mass is 10.3. The van der Waals surface area contributed by atoms with Crippen molar-refractivity contribution in [2.45, 2.75) is 13.3 Å². The lowest BCUT2D eigenvalue weighted by molar-refractivity contribution is 0.0940. The molecule has 1 aromatic carbocycles. The fourth-order valence-corrected chi connectivity index (χ4v) is 2.57. The molecule has 0 aliphatic carbocycles. The number of anilines is 2. The number of nitrogens with one attached hydrogen (secondary N) is 2. The molecule has 5 nitrogen and oxygen atoms in total. The van der Waals surface area contributed by atoms with Gasteiger partial charge in [0.15, 0.2) is 5.13 Å². The van der Waals surface area contributed by atoms with Crippen LogP contribution in [0.2, 0.25) is 5.02 Å². The molecule has 0 spiro atoms. The van der Waals surface area contributed by atoms with Crippen LogP contribution >= 0.6 is 22.9 Å². The smallest absolute Gasteiger partial charge is 0.270 e. The predicted molar refractivity (Wildman–Crippen MR) is 90.2 cm³/mol. The van der Waals surface area contributed by atoms with E-state index in [0.29, 0.717) is 36.3 Å². The van der Waals surface area contributed by atoms with Crippen LogP contribution in [0.4, 0.5) is 15.2 Å². The number of rotatable bonds is 8. The average molecular weight is 358 g/mol. The number of hydrogen-bond acceptors (Lipinski definition) is 5. The molecule has 0 radical (unpaired) electrons. The third-order valence-corrected chi connectivity index (χ3v) is 3.93. The van der Waals surface area contributed by atoms with Crippen molar-refractivity contribution in [1.29, 1.82) is 0 Å². The number of thiazole rings is 1. The van der Waals surface area contributed by atoms with Gasteiger partial charge in [-0.25, -0.2) is 9.37 Å². The summed E-state index contributed by atoms with van der Waals surface area (Å²) in [5.41, 5.74) is 0.841. The van der Waals surface area contributed by atoms with Gasteiger partial charge in [-0.05, 0) is 31.5 Å². The number of hydrogen-bond donors (Lipinski definition) is 2. The Hall–Kier alpha value is -1.70. The first kappa shape index (κ1) is 17.7. The predicted octanol–water partition coefficient (Wildman–Crippen LogP) is 3.84. The van der Waals surface area contributed by atoms with Crippen molar-refractivity contribution in [3.8, 4) is 0 Å². The van der Waals surface area contributed by atoms with Gasteiger partial charge in [0.1, 0.15) is 11.5 Å². The van der Waals surface area contributed by atoms with E-state index in [1.54, 1.807) is 11.4 Å². The topological polar surface area (TPSA) is 63.2 Å². The Morgan fingerprint density at radius 1 is 1.48 bits per heavy atom. The summed E-state index contributed by atoms with van der Waals surface area (Å²) in [5, 5.41) is 7.92. The molecule has 8 heteroatoms. The van der Waals surface area contributed by atoms with Gasteiger partial charge in [-0.1, -0.05) is 11.6 Å². The molecule has 124 valence electrons. The molecule has 1 amide bonds. The van der Waals surface area contributed by atoms with Crippen molar-refractivity contribution >= 4 is 39.7 Å². The Morgan fingerprint density at radius 2 is 2.30 bits per heavy atom. The number of halogens is 2. The number of aromatic nitrogens is 1. The number of carbonyl (C=O) groups is 1. The number of carbonyl (C=O) groups excluding carboxylic acids is 1. The number of benzene rings is 1. The first-order chi connectivity index (χ1) is 11.1. The van der Waals surface area contributed by atoms with E-state index in [0.717, 1.165) is 6.42 Å². The van der Waals surface area contributed by atoms with E-state index in [2.05, 4.69) is 15.6 Å². The second-order valence-electron chi connectivity index (χ2n) is 4.60. The van der Waals surface area contributed by atoms with Gasteiger partial charge >= 0.3 is 0 Å². The van der Waals surface area contributed by atoms with E-state index in [-0.39, 0.29) is 10.9 Å². The highest BCUT2D eigenvalue weighted by Gasteiger charge is 2.11. The normalized spacial score (nSPS) is 10.6. The summed E-state index contributed by atoms with van der Waals surface area (Å²) in [7, 11) is 0. The molecule has 0 saturated heterocycles. The molecular formula is C15H17ClFN3O2S. The quantitative estimate of drug-likeness (QED) is 0.705. The lowest BCUT2D eigenvalue weighted by Crippen LogP contribution is -2.25. The molecule has 0 unspecified atom stereocenters. The van der Waals surface area contributed by atoms with Crippen LogP contribution in [0.15, 0.2) is 23.6 Å². The minimum absolute atomic E-state index is 0.0572. The highest BCUT2D eigenvalue weighted by atomic mass is 35.5. The van der Waals surface area contributed by atoms with Crippen LogP contribution in [0, 0.1) is 5.82 Å². The minimum Gasteiger partial charge on any atom is -0.382 e. The molecule has 1 aromatic heterocycles. The van der Waals surface area contributed by atoms with E-state index >= 15 is 0 Å². The summed E-state index contributed by atoms with van der Waals surface area (Å²) in [6.45, 7) is 3.74. The number of amides is 1. The minimum atomic E-state index is -0.513. The lowest BCUT2D eigenvalue weighted by Gasteiger charge is -2.04. The van der Waals surface area contributed by atoms with Gasteiger partial charge in [0.2, 0.25) is 0 Å². The number of nitrogens with zero attached hydrogens (tertiary/aromatic N) is 1. The SMILES string of the molecule is CCOCCCNC(=O)c1csc(Nc2ccc(Cl)c(F)c2)n1. The maximum atomic E-state index is 13.4. The molecule has 0 aliphatic rings. The van der Waals surface area contributed by atoms with Gasteiger partial charge in [0.25, 0.3) is 5.91 Å². The standard InChI is InChI=1S/C15H17ClFN3O2S/c1-2-22-7-3-6-18-14(21)13-9-23-15(20-13)19-10-4-5-11(16)12(17)8-10/h4-5,8-9H,2-3,6-7H2,1H3,(H,18,21)(H,19,20). The Kier molecular flexibility index (Phi) is 6.76. The van der Waals surface area contributed by atoms with Crippen LogP contribution in [-0.4, -0.2) is 30.6 Å². The molecule has 0 fully saturated rings. The van der Waals surface area contributed by atoms with Gasteiger partial charge in [-0.15, -0.1) is 11.3 Å². The summed E-state index contributed by atoms with van der Waals surface area (Å²) in [6.07, 6.45) is 0.749. The molecule has 0 atom stereocenters. The van der Waals surface area contributed by atoms with Crippen molar-refractivity contribution in [3.63, 3.8) is 0 Å². The zero-order valence-electron chi connectivity index (χ0n) is 12.6. The number of ether oxygens (including phenoxy) is 1. The van der Waals surface area contributed by atoms with Gasteiger partial charge < -0.3 is 15.4 Å². The zero-order chi connectivity index (χ0) is 16.7. The van der Waals surface area contributed by atoms with Crippen LogP contribution < -0.4 is 10.6 Å². The van der Waals surface area contributed by atoms with Crippen molar-refractivity contribution in [3.05, 3.63) is 40.1 Å². The molecule has 2 rings (SSSR count). The summed E-state index contributed by atoms with van der Waals surface area (Å²) in [5.74, 6) is -0.756. The van der Waals surface area contributed by atoms with E-state index in [1.165, 1.54) is 23.5 Å². The molecule has 1 heterocycles. The Morgan fingerprint density at radius 3 is 3.04 bits per heavy atom. The second kappa shape index (κ2) is 8.81. The second-order valence-corrected chi connectivity index (χ2v) is 5.86. The van der Waals surface area contributed by atoms with Crippen LogP contribution in [-0.2, 0) is 4.74 Å². The maximum absolute atomic E-state index is 13.4. The Labute approximate surface area is 142 Å². The van der Waals surface area contributed by atoms with Gasteiger partial charge in [-0.3, -0.25) is 4.79 Å². The summed E-state index contributed by atoms with van der Waals surface area (Å²) >= 11 is 6.90. The van der Waals surface area contributed by atoms with Gasteiger partial charge in [0.05, 0.1) is 5.02 Å². The molecule has 2 aromatic rings. The maximum Gasteiger partial charge on any atom is 0.270 e. The van der Waals surface area contributed by atoms with Crippen molar-refractivity contribution < 1.29 is 13.9 Å². The molecule has 23 heavy (non-hydrogen) atoms. The summed E-state index contributed by atoms with van der Waals surface area (Å²) in [4.78, 5) is 16.1. The molecule has 0 saturated carbocycles. The van der Waals surface area contributed by atoms with Gasteiger partial charge in [0, 0.05) is 30.8 Å². The fraction of sp³-hybridized carbons (Fsp3) is 0.333. The monoisotopic (exact) mass is 357 g/mol. The van der Waals surface area contributed by atoms with E-state index in [1.807, 2.05) is 6.92 Å². The first-order valence-electron chi connectivity index (χ1n) is 7.13. The summed E-state index contributed by atoms with van der Waals surface area (Å²) < 4.78 is 18.6. The fourth-order valence-electron chi connectivity index (χ4n) is 1.74. The van der Waals surface area contributed by atoms with E-state index in [9.17, 15) is 9.18 Å². The van der Waals surface area contributed by atoms with Crippen LogP contribution in [0.3, 0.4) is 0 Å². The molecule has 0 bridgehead atoms. The third kappa shape index (κ3) is 5.46. The van der Waals surface area contributed by atoms with E-state index in [4.69, 9.17) is 16.3 Å². The van der Waals surface area contributed by atoms with E-state index < -0.39 is 5.82 Å². The van der Waals surface area contributed by atoms with Crippen LogP contribution in [0.25, 0.3) is 0 Å². The zero-order valence-corrected chi connectivity index (χ0v) is 14.1. The highest BCUT2D eigenvalue weighted by molar-refractivity contribution is 7.14. The van der Waals surface area contributed by atoms with Gasteiger partial charge in [-0.2, -0.15) is 0 Å². The van der Waals surface area contributed by atoms with Crippen LogP contribution in [0.1, 0.15) is 23.8 Å². The third-order valence-electron chi connectivity index (χ3n) is 2.86. The van der Waals surface area contributed by atoms with Crippen molar-refractivity contribution in [2.75, 3.05) is 25.1 Å². The Bertz CT molecular complexity index is 666. The van der Waals surface area contributed by atoms with Crippen LogP contribution in [0.5, 0.6) is 0 Å². The largest absolute Gasteiger partial charge is 0.382 e. The molecule has 2 N–H and O–H groups in total. The highest BCUT2D eigenvalue weighted by Crippen LogP contribution is 2.24.